The van der Waals surface area contributed by atoms with Crippen molar-refractivity contribution >= 4 is 34.6 Å². The van der Waals surface area contributed by atoms with Gasteiger partial charge in [-0.05, 0) is 55.3 Å². The molecule has 0 bridgehead atoms. The van der Waals surface area contributed by atoms with Gasteiger partial charge in [0.2, 0.25) is 0 Å². The number of aromatic nitrogens is 1. The molecule has 1 amide bonds. The van der Waals surface area contributed by atoms with E-state index in [1.54, 1.807) is 51.9 Å². The highest BCUT2D eigenvalue weighted by Crippen LogP contribution is 2.28. The molecular formula is C21H19ClN2O5. The minimum Gasteiger partial charge on any atom is -0.465 e. The van der Waals surface area contributed by atoms with Crippen LogP contribution in [-0.2, 0) is 4.74 Å². The largest absolute Gasteiger partial charge is 0.465 e. The fourth-order valence-corrected chi connectivity index (χ4v) is 3.90. The van der Waals surface area contributed by atoms with Gasteiger partial charge in [-0.25, -0.2) is 9.59 Å². The maximum Gasteiger partial charge on any atom is 0.420 e. The summed E-state index contributed by atoms with van der Waals surface area (Å²) in [4.78, 5) is 38.4. The van der Waals surface area contributed by atoms with Gasteiger partial charge in [-0.3, -0.25) is 9.36 Å². The zero-order valence-electron chi connectivity index (χ0n) is 15.8. The number of carbonyl (C=O) groups excluding carboxylic acids is 2. The van der Waals surface area contributed by atoms with Crippen molar-refractivity contribution in [3.8, 4) is 0 Å². The molecule has 0 N–H and O–H groups in total. The molecule has 0 radical (unpaired) electrons. The molecule has 4 rings (SSSR count). The van der Waals surface area contributed by atoms with Crippen molar-refractivity contribution in [3.05, 3.63) is 69.2 Å². The van der Waals surface area contributed by atoms with Crippen LogP contribution in [0.5, 0.6) is 0 Å². The van der Waals surface area contributed by atoms with E-state index in [1.807, 2.05) is 0 Å². The molecule has 7 nitrogen and oxygen atoms in total. The van der Waals surface area contributed by atoms with Crippen molar-refractivity contribution in [1.82, 2.24) is 9.47 Å². The van der Waals surface area contributed by atoms with Gasteiger partial charge < -0.3 is 14.1 Å². The number of benzene rings is 2. The summed E-state index contributed by atoms with van der Waals surface area (Å²) in [6.45, 7) is 1.03. The number of piperidine rings is 1. The fraction of sp³-hybridized carbons (Fsp3) is 0.286. The Labute approximate surface area is 171 Å². The number of amides is 1. The lowest BCUT2D eigenvalue weighted by atomic mass is 10.0. The first-order valence-corrected chi connectivity index (χ1v) is 9.64. The molecule has 1 aliphatic rings. The quantitative estimate of drug-likeness (QED) is 0.612. The number of likely N-dealkylation sites (tertiary alicyclic amines) is 1. The standard InChI is InChI=1S/C21H19ClN2O5/c1-28-20(26)14-4-2-13(3-5-14)19(25)23-10-8-16(9-11-23)24-17-12-15(22)6-7-18(17)29-21(24)27/h2-7,12,16H,8-11H2,1H3. The van der Waals surface area contributed by atoms with Gasteiger partial charge in [-0.15, -0.1) is 0 Å². The predicted molar refractivity (Wildman–Crippen MR) is 107 cm³/mol. The number of esters is 1. The third-order valence-corrected chi connectivity index (χ3v) is 5.48. The molecule has 1 fully saturated rings. The normalized spacial score (nSPS) is 14.9. The summed E-state index contributed by atoms with van der Waals surface area (Å²) in [6.07, 6.45) is 1.26. The second-order valence-corrected chi connectivity index (χ2v) is 7.38. The lowest BCUT2D eigenvalue weighted by molar-refractivity contribution is 0.0599. The first kappa shape index (κ1) is 19.3. The van der Waals surface area contributed by atoms with E-state index in [4.69, 9.17) is 16.0 Å². The van der Waals surface area contributed by atoms with Crippen molar-refractivity contribution < 1.29 is 18.7 Å². The lowest BCUT2D eigenvalue weighted by Gasteiger charge is -2.32. The Morgan fingerprint density at radius 1 is 1.07 bits per heavy atom. The van der Waals surface area contributed by atoms with E-state index in [9.17, 15) is 14.4 Å². The summed E-state index contributed by atoms with van der Waals surface area (Å²) in [5, 5.41) is 0.537. The molecular weight excluding hydrogens is 396 g/mol. The maximum atomic E-state index is 12.8. The van der Waals surface area contributed by atoms with E-state index in [2.05, 4.69) is 4.74 Å². The SMILES string of the molecule is COC(=O)c1ccc(C(=O)N2CCC(n3c(=O)oc4ccc(Cl)cc43)CC2)cc1. The van der Waals surface area contributed by atoms with Crippen molar-refractivity contribution in [2.24, 2.45) is 0 Å². The first-order valence-electron chi connectivity index (χ1n) is 9.26. The minimum atomic E-state index is -0.442. The molecule has 8 heteroatoms. The molecule has 3 aromatic rings. The Morgan fingerprint density at radius 2 is 1.72 bits per heavy atom. The number of fused-ring (bicyclic) bond motifs is 1. The summed E-state index contributed by atoms with van der Waals surface area (Å²) in [6, 6.07) is 11.4. The molecule has 1 aromatic heterocycles. The van der Waals surface area contributed by atoms with Gasteiger partial charge in [0, 0.05) is 29.7 Å². The molecule has 2 heterocycles. The van der Waals surface area contributed by atoms with E-state index in [1.165, 1.54) is 7.11 Å². The average Bonchev–Trinajstić information content (AvgIpc) is 3.07. The summed E-state index contributed by atoms with van der Waals surface area (Å²) in [7, 11) is 1.31. The molecule has 150 valence electrons. The predicted octanol–water partition coefficient (Wildman–Crippen LogP) is 3.51. The number of hydrogen-bond acceptors (Lipinski definition) is 5. The minimum absolute atomic E-state index is 0.0621. The summed E-state index contributed by atoms with van der Waals surface area (Å²) in [5.41, 5.74) is 2.08. The van der Waals surface area contributed by atoms with E-state index in [-0.39, 0.29) is 11.9 Å². The van der Waals surface area contributed by atoms with E-state index in [0.717, 1.165) is 0 Å². The van der Waals surface area contributed by atoms with E-state index < -0.39 is 11.7 Å². The van der Waals surface area contributed by atoms with Gasteiger partial charge >= 0.3 is 11.7 Å². The van der Waals surface area contributed by atoms with Crippen LogP contribution in [0.4, 0.5) is 0 Å². The first-order chi connectivity index (χ1) is 14.0. The Morgan fingerprint density at radius 3 is 2.38 bits per heavy atom. The number of halogens is 1. The van der Waals surface area contributed by atoms with Crippen LogP contribution in [0.15, 0.2) is 51.7 Å². The third-order valence-electron chi connectivity index (χ3n) is 5.24. The highest BCUT2D eigenvalue weighted by Gasteiger charge is 2.27. The van der Waals surface area contributed by atoms with Crippen LogP contribution in [0.1, 0.15) is 39.6 Å². The lowest BCUT2D eigenvalue weighted by Crippen LogP contribution is -2.40. The average molecular weight is 415 g/mol. The van der Waals surface area contributed by atoms with Crippen molar-refractivity contribution in [3.63, 3.8) is 0 Å². The molecule has 1 aliphatic heterocycles. The maximum absolute atomic E-state index is 12.8. The van der Waals surface area contributed by atoms with Crippen molar-refractivity contribution in [2.45, 2.75) is 18.9 Å². The van der Waals surface area contributed by atoms with Crippen LogP contribution >= 0.6 is 11.6 Å². The fourth-order valence-electron chi connectivity index (χ4n) is 3.73. The summed E-state index contributed by atoms with van der Waals surface area (Å²) in [5.74, 6) is -0.958. The van der Waals surface area contributed by atoms with E-state index >= 15 is 0 Å². The van der Waals surface area contributed by atoms with Gasteiger partial charge in [0.15, 0.2) is 5.58 Å². The van der Waals surface area contributed by atoms with Gasteiger partial charge in [0.05, 0.1) is 18.2 Å². The second-order valence-electron chi connectivity index (χ2n) is 6.94. The molecule has 0 saturated carbocycles. The number of methoxy groups -OCH3 is 1. The molecule has 0 spiro atoms. The zero-order valence-corrected chi connectivity index (χ0v) is 16.5. The number of carbonyl (C=O) groups is 2. The molecule has 1 saturated heterocycles. The monoisotopic (exact) mass is 414 g/mol. The second kappa shape index (κ2) is 7.75. The Hall–Kier alpha value is -3.06. The number of ether oxygens (including phenoxy) is 1. The van der Waals surface area contributed by atoms with Crippen LogP contribution in [0.3, 0.4) is 0 Å². The molecule has 0 atom stereocenters. The number of hydrogen-bond donors (Lipinski definition) is 0. The zero-order chi connectivity index (χ0) is 20.5. The molecule has 0 aliphatic carbocycles. The smallest absolute Gasteiger partial charge is 0.420 e. The number of rotatable bonds is 3. The van der Waals surface area contributed by atoms with Gasteiger partial charge in [0.25, 0.3) is 5.91 Å². The topological polar surface area (TPSA) is 81.8 Å². The van der Waals surface area contributed by atoms with Crippen LogP contribution in [0.25, 0.3) is 11.1 Å². The van der Waals surface area contributed by atoms with Crippen molar-refractivity contribution in [2.75, 3.05) is 20.2 Å². The van der Waals surface area contributed by atoms with Gasteiger partial charge in [-0.2, -0.15) is 0 Å². The van der Waals surface area contributed by atoms with E-state index in [0.29, 0.717) is 53.2 Å². The Bertz CT molecular complexity index is 1120. The highest BCUT2D eigenvalue weighted by molar-refractivity contribution is 6.31. The molecule has 0 unspecified atom stereocenters. The summed E-state index contributed by atoms with van der Waals surface area (Å²) < 4.78 is 11.6. The van der Waals surface area contributed by atoms with Gasteiger partial charge in [0.1, 0.15) is 0 Å². The van der Waals surface area contributed by atoms with Gasteiger partial charge in [-0.1, -0.05) is 11.6 Å². The van der Waals surface area contributed by atoms with Crippen LogP contribution in [0.2, 0.25) is 5.02 Å². The molecule has 2 aromatic carbocycles. The highest BCUT2D eigenvalue weighted by atomic mass is 35.5. The third kappa shape index (κ3) is 3.65. The van der Waals surface area contributed by atoms with Crippen LogP contribution in [-0.4, -0.2) is 41.5 Å². The Balaban J connectivity index is 1.48. The number of nitrogens with zero attached hydrogens (tertiary/aromatic N) is 2. The van der Waals surface area contributed by atoms with Crippen LogP contribution in [0, 0.1) is 0 Å². The molecule has 29 heavy (non-hydrogen) atoms. The van der Waals surface area contributed by atoms with Crippen molar-refractivity contribution in [1.29, 1.82) is 0 Å². The van der Waals surface area contributed by atoms with Crippen LogP contribution < -0.4 is 5.76 Å². The number of oxazole rings is 1. The summed E-state index contributed by atoms with van der Waals surface area (Å²) >= 11 is 6.07. The Kier molecular flexibility index (Phi) is 5.15.